The van der Waals surface area contributed by atoms with Gasteiger partial charge in [-0.15, -0.1) is 11.3 Å². The SMILES string of the molecule is O=[N+]([O-])c1ccccc1-c1cc2c(c3c1sc1ccccc13)-c1ccc(Cl)cc1C2(c1ccccc1)c1ccccc1. The summed E-state index contributed by atoms with van der Waals surface area (Å²) in [5.41, 5.74) is 7.62. The van der Waals surface area contributed by atoms with Gasteiger partial charge in [-0.05, 0) is 63.7 Å². The van der Waals surface area contributed by atoms with Gasteiger partial charge in [-0.3, -0.25) is 10.1 Å². The van der Waals surface area contributed by atoms with Crippen LogP contribution < -0.4 is 0 Å². The van der Waals surface area contributed by atoms with Crippen LogP contribution in [0.3, 0.4) is 0 Å². The van der Waals surface area contributed by atoms with Gasteiger partial charge in [0.2, 0.25) is 0 Å². The Morgan fingerprint density at radius 3 is 2.00 bits per heavy atom. The molecule has 0 N–H and O–H groups in total. The van der Waals surface area contributed by atoms with Gasteiger partial charge >= 0.3 is 0 Å². The molecule has 0 aliphatic heterocycles. The molecule has 7 aromatic rings. The zero-order chi connectivity index (χ0) is 28.4. The summed E-state index contributed by atoms with van der Waals surface area (Å²) in [5.74, 6) is 0. The van der Waals surface area contributed by atoms with Crippen molar-refractivity contribution in [3.8, 4) is 22.3 Å². The number of rotatable bonds is 4. The number of nitrogens with zero attached hydrogens (tertiary/aromatic N) is 1. The van der Waals surface area contributed by atoms with Crippen LogP contribution in [0.1, 0.15) is 22.3 Å². The highest BCUT2D eigenvalue weighted by Crippen LogP contribution is 2.61. The summed E-state index contributed by atoms with van der Waals surface area (Å²) in [6.45, 7) is 0. The third-order valence-electron chi connectivity index (χ3n) is 8.51. The molecule has 0 unspecified atom stereocenters. The molecule has 42 heavy (non-hydrogen) atoms. The summed E-state index contributed by atoms with van der Waals surface area (Å²) in [4.78, 5) is 12.0. The minimum Gasteiger partial charge on any atom is -0.258 e. The Bertz CT molecular complexity index is 2150. The predicted molar refractivity (Wildman–Crippen MR) is 174 cm³/mol. The monoisotopic (exact) mass is 579 g/mol. The highest BCUT2D eigenvalue weighted by Gasteiger charge is 2.47. The Balaban J connectivity index is 1.65. The molecule has 0 saturated carbocycles. The molecule has 0 saturated heterocycles. The first-order chi connectivity index (χ1) is 20.6. The second-order valence-electron chi connectivity index (χ2n) is 10.6. The Labute approximate surface area is 251 Å². The number of halogens is 1. The van der Waals surface area contributed by atoms with Crippen LogP contribution in [0, 0.1) is 10.1 Å². The molecule has 0 atom stereocenters. The number of benzene rings is 6. The first kappa shape index (κ1) is 25.0. The summed E-state index contributed by atoms with van der Waals surface area (Å²) >= 11 is 8.46. The van der Waals surface area contributed by atoms with Gasteiger partial charge in [0.05, 0.1) is 15.9 Å². The highest BCUT2D eigenvalue weighted by molar-refractivity contribution is 7.26. The Morgan fingerprint density at radius 2 is 1.29 bits per heavy atom. The van der Waals surface area contributed by atoms with E-state index in [4.69, 9.17) is 11.6 Å². The van der Waals surface area contributed by atoms with E-state index in [-0.39, 0.29) is 10.6 Å². The summed E-state index contributed by atoms with van der Waals surface area (Å²) in [7, 11) is 0. The largest absolute Gasteiger partial charge is 0.277 e. The zero-order valence-electron chi connectivity index (χ0n) is 22.3. The van der Waals surface area contributed by atoms with Gasteiger partial charge in [0.1, 0.15) is 0 Å². The van der Waals surface area contributed by atoms with Crippen LogP contribution >= 0.6 is 22.9 Å². The maximum absolute atomic E-state index is 12.3. The standard InChI is InChI=1S/C37H22ClNO2S/c38-25-19-20-27-30(21-25)37(23-11-3-1-4-12-23,24-13-5-2-6-14-24)31-22-29(26-15-7-9-17-32(26)39(40)41)36-35(34(27)31)28-16-8-10-18-33(28)42-36/h1-22H. The molecular weight excluding hydrogens is 558 g/mol. The van der Waals surface area contributed by atoms with E-state index in [0.717, 1.165) is 59.1 Å². The predicted octanol–water partition coefficient (Wildman–Crippen LogP) is 10.6. The van der Waals surface area contributed by atoms with Crippen molar-refractivity contribution in [1.82, 2.24) is 0 Å². The number of hydrogen-bond acceptors (Lipinski definition) is 3. The second kappa shape index (κ2) is 9.38. The molecule has 3 nitrogen and oxygen atoms in total. The summed E-state index contributed by atoms with van der Waals surface area (Å²) in [6.07, 6.45) is 0. The molecule has 0 amide bonds. The van der Waals surface area contributed by atoms with Crippen LogP contribution in [-0.2, 0) is 5.41 Å². The Hall–Kier alpha value is -4.77. The fourth-order valence-corrected chi connectivity index (χ4v) is 8.30. The van der Waals surface area contributed by atoms with Crippen LogP contribution in [0.15, 0.2) is 133 Å². The second-order valence-corrected chi connectivity index (χ2v) is 12.1. The molecule has 8 rings (SSSR count). The molecule has 0 radical (unpaired) electrons. The van der Waals surface area contributed by atoms with E-state index in [1.165, 1.54) is 0 Å². The van der Waals surface area contributed by atoms with Crippen molar-refractivity contribution in [1.29, 1.82) is 0 Å². The van der Waals surface area contributed by atoms with Crippen molar-refractivity contribution in [2.24, 2.45) is 0 Å². The molecule has 0 fully saturated rings. The van der Waals surface area contributed by atoms with E-state index in [0.29, 0.717) is 10.6 Å². The quantitative estimate of drug-likeness (QED) is 0.154. The lowest BCUT2D eigenvalue weighted by Gasteiger charge is -2.34. The van der Waals surface area contributed by atoms with Crippen LogP contribution in [0.4, 0.5) is 5.69 Å². The number of fused-ring (bicyclic) bond motifs is 7. The topological polar surface area (TPSA) is 43.1 Å². The lowest BCUT2D eigenvalue weighted by atomic mass is 9.67. The number of nitro groups is 1. The third-order valence-corrected chi connectivity index (χ3v) is 9.95. The minimum atomic E-state index is -0.687. The van der Waals surface area contributed by atoms with Gasteiger partial charge < -0.3 is 0 Å². The minimum absolute atomic E-state index is 0.0970. The smallest absolute Gasteiger partial charge is 0.258 e. The van der Waals surface area contributed by atoms with Crippen molar-refractivity contribution in [2.45, 2.75) is 5.41 Å². The van der Waals surface area contributed by atoms with Crippen LogP contribution in [-0.4, -0.2) is 4.92 Å². The number of para-hydroxylation sites is 1. The molecule has 1 heterocycles. The summed E-state index contributed by atoms with van der Waals surface area (Å²) < 4.78 is 2.19. The van der Waals surface area contributed by atoms with Crippen LogP contribution in [0.25, 0.3) is 42.4 Å². The van der Waals surface area contributed by atoms with E-state index < -0.39 is 5.41 Å². The molecule has 200 valence electrons. The van der Waals surface area contributed by atoms with E-state index in [9.17, 15) is 10.1 Å². The molecule has 1 aromatic heterocycles. The first-order valence-corrected chi connectivity index (χ1v) is 14.9. The highest BCUT2D eigenvalue weighted by atomic mass is 35.5. The van der Waals surface area contributed by atoms with Crippen LogP contribution in [0.5, 0.6) is 0 Å². The van der Waals surface area contributed by atoms with Crippen LogP contribution in [0.2, 0.25) is 5.02 Å². The molecule has 5 heteroatoms. The van der Waals surface area contributed by atoms with Gasteiger partial charge in [-0.1, -0.05) is 109 Å². The maximum Gasteiger partial charge on any atom is 0.277 e. The maximum atomic E-state index is 12.3. The van der Waals surface area contributed by atoms with Crippen molar-refractivity contribution < 1.29 is 4.92 Å². The van der Waals surface area contributed by atoms with Crippen molar-refractivity contribution >= 4 is 48.8 Å². The van der Waals surface area contributed by atoms with Gasteiger partial charge in [0, 0.05) is 36.8 Å². The van der Waals surface area contributed by atoms with Crippen molar-refractivity contribution in [3.63, 3.8) is 0 Å². The van der Waals surface area contributed by atoms with Gasteiger partial charge in [-0.25, -0.2) is 0 Å². The van der Waals surface area contributed by atoms with Gasteiger partial charge in [0.25, 0.3) is 5.69 Å². The fourth-order valence-electron chi connectivity index (χ4n) is 6.89. The van der Waals surface area contributed by atoms with Crippen molar-refractivity contribution in [2.75, 3.05) is 0 Å². The molecule has 6 aromatic carbocycles. The average Bonchev–Trinajstić information content (AvgIpc) is 3.55. The lowest BCUT2D eigenvalue weighted by molar-refractivity contribution is -0.384. The fraction of sp³-hybridized carbons (Fsp3) is 0.0270. The molecule has 0 bridgehead atoms. The first-order valence-electron chi connectivity index (χ1n) is 13.7. The normalized spacial score (nSPS) is 13.3. The Morgan fingerprint density at radius 1 is 0.643 bits per heavy atom. The van der Waals surface area contributed by atoms with E-state index in [1.54, 1.807) is 23.5 Å². The summed E-state index contributed by atoms with van der Waals surface area (Å²) in [5, 5.41) is 15.3. The average molecular weight is 580 g/mol. The van der Waals surface area contributed by atoms with E-state index in [2.05, 4.69) is 91.0 Å². The molecule has 0 spiro atoms. The van der Waals surface area contributed by atoms with Gasteiger partial charge in [-0.2, -0.15) is 0 Å². The zero-order valence-corrected chi connectivity index (χ0v) is 23.8. The lowest BCUT2D eigenvalue weighted by Crippen LogP contribution is -2.28. The number of nitro benzene ring substituents is 1. The van der Waals surface area contributed by atoms with E-state index >= 15 is 0 Å². The Kier molecular flexibility index (Phi) is 5.58. The van der Waals surface area contributed by atoms with Gasteiger partial charge in [0.15, 0.2) is 0 Å². The molecule has 1 aliphatic carbocycles. The molecular formula is C37H22ClNO2S. The third kappa shape index (κ3) is 3.40. The molecule has 1 aliphatic rings. The van der Waals surface area contributed by atoms with E-state index in [1.807, 2.05) is 30.3 Å². The number of hydrogen-bond donors (Lipinski definition) is 0. The number of thiophene rings is 1. The summed E-state index contributed by atoms with van der Waals surface area (Å²) in [6, 6.07) is 45.0. The van der Waals surface area contributed by atoms with Crippen molar-refractivity contribution in [3.05, 3.63) is 171 Å².